The van der Waals surface area contributed by atoms with E-state index in [-0.39, 0.29) is 12.0 Å². The molecule has 5 heteroatoms. The standard InChI is InChI=1S/C16H20N2O2S/c1-12-4-3-5-14(13(12)2)18-7-6-17-15(18)21-11-16(8-19)9-20-10-16/h3-7,19H,8-11H2,1-2H3. The Bertz CT molecular complexity index is 629. The quantitative estimate of drug-likeness (QED) is 0.863. The van der Waals surface area contributed by atoms with Crippen LogP contribution >= 0.6 is 11.8 Å². The van der Waals surface area contributed by atoms with Gasteiger partial charge >= 0.3 is 0 Å². The molecule has 0 saturated carbocycles. The molecule has 1 aliphatic heterocycles. The molecule has 0 unspecified atom stereocenters. The maximum atomic E-state index is 9.51. The Kier molecular flexibility index (Phi) is 4.06. The Morgan fingerprint density at radius 1 is 1.38 bits per heavy atom. The summed E-state index contributed by atoms with van der Waals surface area (Å²) in [6.45, 7) is 5.70. The number of nitrogens with zero attached hydrogens (tertiary/aromatic N) is 2. The van der Waals surface area contributed by atoms with E-state index in [1.165, 1.54) is 11.1 Å². The van der Waals surface area contributed by atoms with E-state index < -0.39 is 0 Å². The summed E-state index contributed by atoms with van der Waals surface area (Å²) in [5.74, 6) is 0.825. The smallest absolute Gasteiger partial charge is 0.172 e. The highest BCUT2D eigenvalue weighted by Gasteiger charge is 2.38. The molecule has 0 aliphatic carbocycles. The van der Waals surface area contributed by atoms with Crippen LogP contribution in [0.5, 0.6) is 0 Å². The highest BCUT2D eigenvalue weighted by atomic mass is 32.2. The topological polar surface area (TPSA) is 47.3 Å². The van der Waals surface area contributed by atoms with E-state index in [9.17, 15) is 5.11 Å². The van der Waals surface area contributed by atoms with Crippen LogP contribution in [0.3, 0.4) is 0 Å². The molecule has 112 valence electrons. The third-order valence-corrected chi connectivity index (χ3v) is 5.42. The Morgan fingerprint density at radius 2 is 2.19 bits per heavy atom. The Hall–Kier alpha value is -1.30. The zero-order chi connectivity index (χ0) is 14.9. The third-order valence-electron chi connectivity index (χ3n) is 4.10. The van der Waals surface area contributed by atoms with Crippen LogP contribution in [-0.4, -0.2) is 40.2 Å². The van der Waals surface area contributed by atoms with Crippen molar-refractivity contribution in [1.82, 2.24) is 9.55 Å². The van der Waals surface area contributed by atoms with Gasteiger partial charge in [0.1, 0.15) is 0 Å². The summed E-state index contributed by atoms with van der Waals surface area (Å²) in [5, 5.41) is 10.5. The number of aryl methyl sites for hydroxylation is 1. The van der Waals surface area contributed by atoms with Gasteiger partial charge in [-0.1, -0.05) is 23.9 Å². The minimum atomic E-state index is -0.0942. The molecule has 1 aromatic carbocycles. The van der Waals surface area contributed by atoms with Gasteiger partial charge in [0.2, 0.25) is 0 Å². The zero-order valence-electron chi connectivity index (χ0n) is 12.4. The van der Waals surface area contributed by atoms with Crippen molar-refractivity contribution in [2.45, 2.75) is 19.0 Å². The normalized spacial score (nSPS) is 16.7. The van der Waals surface area contributed by atoms with Crippen molar-refractivity contribution in [2.24, 2.45) is 5.41 Å². The van der Waals surface area contributed by atoms with Crippen LogP contribution in [0.1, 0.15) is 11.1 Å². The first-order valence-electron chi connectivity index (χ1n) is 7.07. The molecular formula is C16H20N2O2S. The summed E-state index contributed by atoms with van der Waals surface area (Å²) < 4.78 is 7.37. The molecule has 1 aromatic heterocycles. The van der Waals surface area contributed by atoms with E-state index in [0.717, 1.165) is 16.6 Å². The van der Waals surface area contributed by atoms with Crippen LogP contribution in [0.15, 0.2) is 35.7 Å². The van der Waals surface area contributed by atoms with E-state index in [0.29, 0.717) is 13.2 Å². The van der Waals surface area contributed by atoms with Gasteiger partial charge in [-0.2, -0.15) is 0 Å². The number of hydrogen-bond acceptors (Lipinski definition) is 4. The van der Waals surface area contributed by atoms with Crippen LogP contribution in [0.25, 0.3) is 5.69 Å². The summed E-state index contributed by atoms with van der Waals surface area (Å²) in [6, 6.07) is 6.30. The molecule has 0 bridgehead atoms. The minimum absolute atomic E-state index is 0.0942. The van der Waals surface area contributed by atoms with E-state index in [2.05, 4.69) is 41.6 Å². The van der Waals surface area contributed by atoms with Crippen molar-refractivity contribution in [1.29, 1.82) is 0 Å². The van der Waals surface area contributed by atoms with E-state index in [4.69, 9.17) is 4.74 Å². The lowest BCUT2D eigenvalue weighted by Crippen LogP contribution is -2.47. The van der Waals surface area contributed by atoms with Crippen molar-refractivity contribution in [3.8, 4) is 5.69 Å². The predicted octanol–water partition coefficient (Wildman–Crippen LogP) is 2.59. The lowest BCUT2D eigenvalue weighted by molar-refractivity contribution is -0.121. The first-order chi connectivity index (χ1) is 10.2. The molecule has 3 rings (SSSR count). The van der Waals surface area contributed by atoms with Crippen LogP contribution in [0, 0.1) is 19.3 Å². The van der Waals surface area contributed by atoms with Crippen molar-refractivity contribution < 1.29 is 9.84 Å². The Balaban J connectivity index is 1.82. The third kappa shape index (κ3) is 2.73. The summed E-state index contributed by atoms with van der Waals surface area (Å²) in [7, 11) is 0. The molecule has 4 nitrogen and oxygen atoms in total. The summed E-state index contributed by atoms with van der Waals surface area (Å²) in [4.78, 5) is 4.46. The molecule has 1 fully saturated rings. The highest BCUT2D eigenvalue weighted by molar-refractivity contribution is 7.99. The molecule has 21 heavy (non-hydrogen) atoms. The minimum Gasteiger partial charge on any atom is -0.396 e. The average molecular weight is 304 g/mol. The van der Waals surface area contributed by atoms with Gasteiger partial charge in [-0.3, -0.25) is 4.57 Å². The number of aliphatic hydroxyl groups excluding tert-OH is 1. The maximum absolute atomic E-state index is 9.51. The van der Waals surface area contributed by atoms with Crippen LogP contribution in [-0.2, 0) is 4.74 Å². The molecule has 0 amide bonds. The highest BCUT2D eigenvalue weighted by Crippen LogP contribution is 2.34. The fourth-order valence-electron chi connectivity index (χ4n) is 2.41. The summed E-state index contributed by atoms with van der Waals surface area (Å²) >= 11 is 1.68. The van der Waals surface area contributed by atoms with Crippen LogP contribution in [0.4, 0.5) is 0 Å². The number of imidazole rings is 1. The van der Waals surface area contributed by atoms with E-state index >= 15 is 0 Å². The van der Waals surface area contributed by atoms with Gasteiger partial charge in [-0.05, 0) is 31.0 Å². The molecule has 1 saturated heterocycles. The molecule has 1 aliphatic rings. The fraction of sp³-hybridized carbons (Fsp3) is 0.438. The number of aliphatic hydroxyl groups is 1. The molecule has 2 heterocycles. The van der Waals surface area contributed by atoms with E-state index in [1.54, 1.807) is 11.8 Å². The Labute approximate surface area is 129 Å². The van der Waals surface area contributed by atoms with Gasteiger partial charge in [0.05, 0.1) is 25.5 Å². The second-order valence-electron chi connectivity index (χ2n) is 5.74. The fourth-order valence-corrected chi connectivity index (χ4v) is 3.53. The first kappa shape index (κ1) is 14.6. The van der Waals surface area contributed by atoms with E-state index in [1.807, 2.05) is 12.4 Å². The SMILES string of the molecule is Cc1cccc(-n2ccnc2SCC2(CO)COC2)c1C. The molecular weight excluding hydrogens is 284 g/mol. The average Bonchev–Trinajstić information content (AvgIpc) is 2.89. The molecule has 0 radical (unpaired) electrons. The van der Waals surface area contributed by atoms with Gasteiger partial charge in [0.25, 0.3) is 0 Å². The van der Waals surface area contributed by atoms with Crippen LogP contribution < -0.4 is 0 Å². The molecule has 2 aromatic rings. The maximum Gasteiger partial charge on any atom is 0.172 e. The van der Waals surface area contributed by atoms with Gasteiger partial charge in [0.15, 0.2) is 5.16 Å². The second-order valence-corrected chi connectivity index (χ2v) is 6.68. The number of ether oxygens (including phenoxy) is 1. The van der Waals surface area contributed by atoms with Crippen molar-refractivity contribution in [3.05, 3.63) is 41.7 Å². The summed E-state index contributed by atoms with van der Waals surface area (Å²) in [6.07, 6.45) is 3.82. The zero-order valence-corrected chi connectivity index (χ0v) is 13.2. The largest absolute Gasteiger partial charge is 0.396 e. The van der Waals surface area contributed by atoms with Gasteiger partial charge in [0, 0.05) is 23.6 Å². The van der Waals surface area contributed by atoms with Crippen molar-refractivity contribution >= 4 is 11.8 Å². The van der Waals surface area contributed by atoms with Crippen molar-refractivity contribution in [3.63, 3.8) is 0 Å². The lowest BCUT2D eigenvalue weighted by Gasteiger charge is -2.39. The first-order valence-corrected chi connectivity index (χ1v) is 8.05. The number of aromatic nitrogens is 2. The van der Waals surface area contributed by atoms with Gasteiger partial charge < -0.3 is 9.84 Å². The molecule has 0 atom stereocenters. The van der Waals surface area contributed by atoms with Crippen molar-refractivity contribution in [2.75, 3.05) is 25.6 Å². The monoisotopic (exact) mass is 304 g/mol. The number of thioether (sulfide) groups is 1. The molecule has 1 N–H and O–H groups in total. The number of benzene rings is 1. The Morgan fingerprint density at radius 3 is 2.86 bits per heavy atom. The van der Waals surface area contributed by atoms with Gasteiger partial charge in [-0.15, -0.1) is 0 Å². The van der Waals surface area contributed by atoms with Crippen LogP contribution in [0.2, 0.25) is 0 Å². The predicted molar refractivity (Wildman–Crippen MR) is 84.1 cm³/mol. The van der Waals surface area contributed by atoms with Gasteiger partial charge in [-0.25, -0.2) is 4.98 Å². The lowest BCUT2D eigenvalue weighted by atomic mass is 9.90. The summed E-state index contributed by atoms with van der Waals surface area (Å²) in [5.41, 5.74) is 3.61. The second kappa shape index (κ2) is 5.83. The molecule has 0 spiro atoms. The number of hydrogen-bond donors (Lipinski definition) is 1. The number of rotatable bonds is 5.